The molecule has 0 aliphatic carbocycles. The zero-order chi connectivity index (χ0) is 30.6. The van der Waals surface area contributed by atoms with Crippen LogP contribution in [0.3, 0.4) is 0 Å². The van der Waals surface area contributed by atoms with Crippen molar-refractivity contribution < 1.29 is 18.9 Å². The highest BCUT2D eigenvalue weighted by molar-refractivity contribution is 4.93. The van der Waals surface area contributed by atoms with Crippen molar-refractivity contribution in [1.82, 2.24) is 0 Å². The van der Waals surface area contributed by atoms with Crippen molar-refractivity contribution >= 4 is 0 Å². The van der Waals surface area contributed by atoms with E-state index in [0.717, 1.165) is 0 Å². The van der Waals surface area contributed by atoms with Crippen molar-refractivity contribution in [2.75, 3.05) is 19.8 Å². The molecule has 0 aliphatic rings. The van der Waals surface area contributed by atoms with Gasteiger partial charge in [-0.2, -0.15) is 0 Å². The Bertz CT molecular complexity index is 606. The van der Waals surface area contributed by atoms with Gasteiger partial charge in [0.2, 0.25) is 0 Å². The van der Waals surface area contributed by atoms with E-state index in [-0.39, 0.29) is 34.4 Å². The molecule has 0 saturated carbocycles. The van der Waals surface area contributed by atoms with E-state index >= 15 is 0 Å². The second-order valence-corrected chi connectivity index (χ2v) is 15.9. The molecule has 6 N–H and O–H groups in total. The molecule has 3 atom stereocenters. The first-order chi connectivity index (χ1) is 16.5. The van der Waals surface area contributed by atoms with Gasteiger partial charge in [-0.05, 0) is 108 Å². The molecule has 0 aromatic carbocycles. The Balaban J connectivity index is 5.85. The first-order valence-corrected chi connectivity index (χ1v) is 14.5. The van der Waals surface area contributed by atoms with Crippen molar-refractivity contribution in [3.05, 3.63) is 0 Å². The predicted molar refractivity (Wildman–Crippen MR) is 161 cm³/mol. The van der Waals surface area contributed by atoms with Gasteiger partial charge in [-0.3, -0.25) is 0 Å². The summed E-state index contributed by atoms with van der Waals surface area (Å²) in [4.78, 5) is 0. The molecular weight excluding hydrogens is 478 g/mol. The van der Waals surface area contributed by atoms with Gasteiger partial charge in [0, 0.05) is 29.5 Å². The largest absolute Gasteiger partial charge is 0.375 e. The van der Waals surface area contributed by atoms with Gasteiger partial charge in [0.25, 0.3) is 0 Å². The summed E-state index contributed by atoms with van der Waals surface area (Å²) in [5.41, 5.74) is 16.4. The molecule has 0 aliphatic heterocycles. The van der Waals surface area contributed by atoms with E-state index in [1.807, 2.05) is 55.4 Å². The van der Waals surface area contributed by atoms with Gasteiger partial charge < -0.3 is 36.1 Å². The van der Waals surface area contributed by atoms with Crippen LogP contribution in [0.15, 0.2) is 0 Å². The van der Waals surface area contributed by atoms with Crippen LogP contribution in [-0.4, -0.2) is 59.0 Å². The summed E-state index contributed by atoms with van der Waals surface area (Å²) >= 11 is 0. The van der Waals surface area contributed by atoms with Gasteiger partial charge in [-0.1, -0.05) is 20.8 Å². The molecule has 0 aromatic heterocycles. The van der Waals surface area contributed by atoms with E-state index in [9.17, 15) is 0 Å². The third kappa shape index (κ3) is 14.9. The molecule has 0 amide bonds. The topological polar surface area (TPSA) is 115 Å². The van der Waals surface area contributed by atoms with Gasteiger partial charge in [0.15, 0.2) is 5.79 Å². The zero-order valence-electron chi connectivity index (χ0n) is 28.1. The fourth-order valence-corrected chi connectivity index (χ4v) is 4.33. The predicted octanol–water partition coefficient (Wildman–Crippen LogP) is 6.01. The Morgan fingerprint density at radius 1 is 0.474 bits per heavy atom. The highest BCUT2D eigenvalue weighted by Gasteiger charge is 2.44. The third-order valence-electron chi connectivity index (χ3n) is 8.03. The molecule has 7 nitrogen and oxygen atoms in total. The molecule has 0 fully saturated rings. The second kappa shape index (κ2) is 13.1. The highest BCUT2D eigenvalue weighted by atomic mass is 16.7. The molecule has 0 saturated heterocycles. The van der Waals surface area contributed by atoms with Crippen LogP contribution in [-0.2, 0) is 18.9 Å². The van der Waals surface area contributed by atoms with Crippen LogP contribution >= 0.6 is 0 Å². The lowest BCUT2D eigenvalue weighted by Gasteiger charge is -2.46. The summed E-state index contributed by atoms with van der Waals surface area (Å²) in [6, 6.07) is 0. The molecule has 0 radical (unpaired) electrons. The van der Waals surface area contributed by atoms with Crippen molar-refractivity contribution in [1.29, 1.82) is 0 Å². The van der Waals surface area contributed by atoms with Crippen LogP contribution < -0.4 is 17.2 Å². The number of hydrogen-bond donors (Lipinski definition) is 3. The Labute approximate surface area is 236 Å². The van der Waals surface area contributed by atoms with Gasteiger partial charge in [0.05, 0.1) is 36.6 Å². The molecule has 7 heteroatoms. The van der Waals surface area contributed by atoms with Crippen LogP contribution in [0.4, 0.5) is 0 Å². The summed E-state index contributed by atoms with van der Waals surface area (Å²) in [5.74, 6) is -0.260. The number of rotatable bonds is 18. The van der Waals surface area contributed by atoms with E-state index in [0.29, 0.717) is 32.7 Å². The summed E-state index contributed by atoms with van der Waals surface area (Å²) < 4.78 is 26.1. The number of hydrogen-bond acceptors (Lipinski definition) is 7. The fraction of sp³-hybridized carbons (Fsp3) is 1.00. The maximum absolute atomic E-state index is 6.84. The van der Waals surface area contributed by atoms with E-state index < -0.39 is 22.6 Å². The Morgan fingerprint density at radius 2 is 0.737 bits per heavy atom. The van der Waals surface area contributed by atoms with Crippen LogP contribution in [0.5, 0.6) is 0 Å². The van der Waals surface area contributed by atoms with Crippen LogP contribution in [0.25, 0.3) is 0 Å². The lowest BCUT2D eigenvalue weighted by atomic mass is 9.81. The monoisotopic (exact) mass is 546 g/mol. The van der Waals surface area contributed by atoms with Gasteiger partial charge in [0.1, 0.15) is 0 Å². The third-order valence-corrected chi connectivity index (χ3v) is 8.03. The maximum atomic E-state index is 6.84. The SMILES string of the molecule is CC(COC(C)(C)CC(C)(CC(C)(C)OCC(C)C(C)(C)N)OC(C)(C)OCC(C)C(C)(C)N)C(C)(C)N. The minimum Gasteiger partial charge on any atom is -0.375 e. The molecule has 0 spiro atoms. The summed E-state index contributed by atoms with van der Waals surface area (Å²) in [5, 5.41) is 0. The average Bonchev–Trinajstić information content (AvgIpc) is 2.64. The van der Waals surface area contributed by atoms with Crippen molar-refractivity contribution in [3.8, 4) is 0 Å². The Morgan fingerprint density at radius 3 is 1.00 bits per heavy atom. The average molecular weight is 546 g/mol. The van der Waals surface area contributed by atoms with Gasteiger partial charge in [-0.15, -0.1) is 0 Å². The van der Waals surface area contributed by atoms with Crippen molar-refractivity contribution in [2.45, 2.75) is 163 Å². The minimum atomic E-state index is -0.834. The minimum absolute atomic E-state index is 0.165. The second-order valence-electron chi connectivity index (χ2n) is 15.9. The van der Waals surface area contributed by atoms with E-state index in [4.69, 9.17) is 36.1 Å². The fourth-order valence-electron chi connectivity index (χ4n) is 4.33. The zero-order valence-corrected chi connectivity index (χ0v) is 28.1. The molecule has 0 bridgehead atoms. The first-order valence-electron chi connectivity index (χ1n) is 14.5. The Kier molecular flexibility index (Phi) is 13.0. The molecule has 38 heavy (non-hydrogen) atoms. The number of ether oxygens (including phenoxy) is 4. The van der Waals surface area contributed by atoms with Crippen molar-refractivity contribution in [3.63, 3.8) is 0 Å². The normalized spacial score (nSPS) is 18.7. The maximum Gasteiger partial charge on any atom is 0.163 e. The smallest absolute Gasteiger partial charge is 0.163 e. The molecular formula is C31H67N3O4. The lowest BCUT2D eigenvalue weighted by molar-refractivity contribution is -0.290. The highest BCUT2D eigenvalue weighted by Crippen LogP contribution is 2.39. The van der Waals surface area contributed by atoms with E-state index in [2.05, 4.69) is 55.4 Å². The summed E-state index contributed by atoms with van der Waals surface area (Å²) in [7, 11) is 0. The number of nitrogens with two attached hydrogens (primary N) is 3. The molecule has 0 heterocycles. The molecule has 230 valence electrons. The quantitative estimate of drug-likeness (QED) is 0.181. The summed E-state index contributed by atoms with van der Waals surface area (Å²) in [6.45, 7) is 34.7. The van der Waals surface area contributed by atoms with Crippen LogP contribution in [0.2, 0.25) is 0 Å². The molecule has 0 rings (SSSR count). The molecule has 3 unspecified atom stereocenters. The van der Waals surface area contributed by atoms with Gasteiger partial charge >= 0.3 is 0 Å². The Hall–Kier alpha value is -0.280. The van der Waals surface area contributed by atoms with Crippen molar-refractivity contribution in [2.24, 2.45) is 35.0 Å². The van der Waals surface area contributed by atoms with E-state index in [1.165, 1.54) is 0 Å². The first kappa shape index (κ1) is 37.7. The standard InChI is InChI=1S/C31H67N3O4/c1-22(27(8,9)32)17-35-25(4,5)20-31(16,21-26(6,7)36-18-23(2)28(10,11)33)38-30(14,15)37-19-24(3)29(12,13)34/h22-24H,17-21,32-34H2,1-16H3. The lowest BCUT2D eigenvalue weighted by Crippen LogP contribution is -2.51. The van der Waals surface area contributed by atoms with Gasteiger partial charge in [-0.25, -0.2) is 0 Å². The summed E-state index contributed by atoms with van der Waals surface area (Å²) in [6.07, 6.45) is 1.29. The van der Waals surface area contributed by atoms with E-state index in [1.54, 1.807) is 0 Å². The van der Waals surface area contributed by atoms with Crippen LogP contribution in [0.1, 0.15) is 124 Å². The molecule has 0 aromatic rings. The van der Waals surface area contributed by atoms with Crippen LogP contribution in [0, 0.1) is 17.8 Å².